The van der Waals surface area contributed by atoms with Crippen molar-refractivity contribution in [3.63, 3.8) is 0 Å². The lowest BCUT2D eigenvalue weighted by Crippen LogP contribution is -2.32. The Morgan fingerprint density at radius 2 is 1.86 bits per heavy atom. The van der Waals surface area contributed by atoms with E-state index in [2.05, 4.69) is 5.43 Å². The number of nitrogens with one attached hydrogen (secondary N) is 1. The topological polar surface area (TPSA) is 68.9 Å². The molecule has 0 saturated heterocycles. The Morgan fingerprint density at radius 3 is 2.43 bits per heavy atom. The largest absolute Gasteiger partial charge is 0.497 e. The molecule has 0 atom stereocenters. The molecule has 116 valence electrons. The molecule has 1 aromatic rings. The van der Waals surface area contributed by atoms with Crippen molar-refractivity contribution in [2.45, 2.75) is 44.6 Å². The van der Waals surface area contributed by atoms with Crippen LogP contribution in [0, 0.1) is 0 Å². The van der Waals surface area contributed by atoms with Crippen molar-refractivity contribution >= 4 is 5.84 Å². The zero-order valence-electron chi connectivity index (χ0n) is 12.9. The second kappa shape index (κ2) is 7.88. The average molecular weight is 291 g/mol. The van der Waals surface area contributed by atoms with Gasteiger partial charge in [-0.05, 0) is 25.0 Å². The van der Waals surface area contributed by atoms with Crippen LogP contribution in [-0.2, 0) is 0 Å². The number of benzene rings is 1. The molecule has 0 aromatic heterocycles. The minimum atomic E-state index is 0.338. The molecule has 1 saturated carbocycles. The average Bonchev–Trinajstić information content (AvgIpc) is 2.80. The maximum absolute atomic E-state index is 5.69. The molecular formula is C16H25N3O2. The fraction of sp³-hybridized carbons (Fsp3) is 0.562. The predicted octanol–water partition coefficient (Wildman–Crippen LogP) is 2.64. The van der Waals surface area contributed by atoms with Gasteiger partial charge < -0.3 is 14.9 Å². The number of nitrogens with zero attached hydrogens (tertiary/aromatic N) is 1. The molecule has 0 amide bonds. The number of methoxy groups -OCH3 is 2. The van der Waals surface area contributed by atoms with E-state index >= 15 is 0 Å². The van der Waals surface area contributed by atoms with E-state index < -0.39 is 0 Å². The highest BCUT2D eigenvalue weighted by atomic mass is 16.5. The van der Waals surface area contributed by atoms with Crippen molar-refractivity contribution < 1.29 is 9.47 Å². The van der Waals surface area contributed by atoms with Crippen molar-refractivity contribution in [2.24, 2.45) is 10.8 Å². The van der Waals surface area contributed by atoms with Gasteiger partial charge in [0.2, 0.25) is 0 Å². The van der Waals surface area contributed by atoms with Crippen LogP contribution in [-0.4, -0.2) is 26.1 Å². The SMILES string of the molecule is COc1ccc(C(=NC2CCCCCC2)NN)c(OC)c1. The number of amidine groups is 1. The number of hydrogen-bond acceptors (Lipinski definition) is 4. The molecule has 1 aliphatic rings. The molecule has 3 N–H and O–H groups in total. The van der Waals surface area contributed by atoms with Crippen LogP contribution in [0.3, 0.4) is 0 Å². The van der Waals surface area contributed by atoms with Crippen LogP contribution >= 0.6 is 0 Å². The molecule has 2 rings (SSSR count). The summed E-state index contributed by atoms with van der Waals surface area (Å²) in [6, 6.07) is 5.99. The van der Waals surface area contributed by atoms with Gasteiger partial charge in [-0.3, -0.25) is 4.99 Å². The van der Waals surface area contributed by atoms with E-state index in [1.807, 2.05) is 18.2 Å². The first kappa shape index (κ1) is 15.6. The summed E-state index contributed by atoms with van der Waals surface area (Å²) in [5, 5.41) is 0. The van der Waals surface area contributed by atoms with E-state index in [4.69, 9.17) is 20.3 Å². The van der Waals surface area contributed by atoms with Gasteiger partial charge in [-0.1, -0.05) is 25.7 Å². The highest BCUT2D eigenvalue weighted by Crippen LogP contribution is 2.26. The summed E-state index contributed by atoms with van der Waals surface area (Å²) in [5.74, 6) is 7.83. The molecule has 5 nitrogen and oxygen atoms in total. The number of rotatable bonds is 4. The van der Waals surface area contributed by atoms with Gasteiger partial charge in [0.05, 0.1) is 25.8 Å². The number of nitrogens with two attached hydrogens (primary N) is 1. The molecule has 0 heterocycles. The molecule has 21 heavy (non-hydrogen) atoms. The summed E-state index contributed by atoms with van der Waals surface area (Å²) >= 11 is 0. The van der Waals surface area contributed by atoms with E-state index in [-0.39, 0.29) is 0 Å². The number of hydrogen-bond donors (Lipinski definition) is 2. The van der Waals surface area contributed by atoms with Crippen molar-refractivity contribution in [1.82, 2.24) is 5.43 Å². The first-order valence-electron chi connectivity index (χ1n) is 7.55. The lowest BCUT2D eigenvalue weighted by Gasteiger charge is -2.15. The first-order valence-corrected chi connectivity index (χ1v) is 7.55. The van der Waals surface area contributed by atoms with Gasteiger partial charge >= 0.3 is 0 Å². The Balaban J connectivity index is 2.27. The van der Waals surface area contributed by atoms with E-state index in [9.17, 15) is 0 Å². The fourth-order valence-corrected chi connectivity index (χ4v) is 2.75. The van der Waals surface area contributed by atoms with Crippen molar-refractivity contribution in [3.8, 4) is 11.5 Å². The normalized spacial score (nSPS) is 17.2. The quantitative estimate of drug-likeness (QED) is 0.294. The maximum Gasteiger partial charge on any atom is 0.146 e. The number of aliphatic imine (C=N–C) groups is 1. The zero-order valence-corrected chi connectivity index (χ0v) is 12.9. The monoisotopic (exact) mass is 291 g/mol. The molecular weight excluding hydrogens is 266 g/mol. The third kappa shape index (κ3) is 4.11. The summed E-state index contributed by atoms with van der Waals surface area (Å²) in [5.41, 5.74) is 3.59. The third-order valence-corrected chi connectivity index (χ3v) is 3.94. The predicted molar refractivity (Wildman–Crippen MR) is 84.9 cm³/mol. The summed E-state index contributed by atoms with van der Waals surface area (Å²) in [6.07, 6.45) is 7.36. The van der Waals surface area contributed by atoms with Crippen molar-refractivity contribution in [1.29, 1.82) is 0 Å². The second-order valence-electron chi connectivity index (χ2n) is 5.33. The molecule has 0 radical (unpaired) electrons. The van der Waals surface area contributed by atoms with Gasteiger partial charge in [0.15, 0.2) is 0 Å². The molecule has 0 bridgehead atoms. The highest BCUT2D eigenvalue weighted by molar-refractivity contribution is 6.01. The highest BCUT2D eigenvalue weighted by Gasteiger charge is 2.15. The zero-order chi connectivity index (χ0) is 15.1. The van der Waals surface area contributed by atoms with Crippen LogP contribution in [0.15, 0.2) is 23.2 Å². The minimum Gasteiger partial charge on any atom is -0.497 e. The Morgan fingerprint density at radius 1 is 1.14 bits per heavy atom. The van der Waals surface area contributed by atoms with E-state index in [0.717, 1.165) is 24.2 Å². The Labute approximate surface area is 126 Å². The molecule has 0 spiro atoms. The number of hydrazine groups is 1. The Bertz CT molecular complexity index is 480. The summed E-state index contributed by atoms with van der Waals surface area (Å²) in [4.78, 5) is 4.81. The lowest BCUT2D eigenvalue weighted by atomic mass is 10.1. The summed E-state index contributed by atoms with van der Waals surface area (Å²) < 4.78 is 10.6. The van der Waals surface area contributed by atoms with Gasteiger partial charge in [-0.2, -0.15) is 0 Å². The van der Waals surface area contributed by atoms with Crippen LogP contribution in [0.2, 0.25) is 0 Å². The maximum atomic E-state index is 5.69. The standard InChI is InChI=1S/C16H25N3O2/c1-20-13-9-10-14(15(11-13)21-2)16(19-17)18-12-7-5-3-4-6-8-12/h9-12H,3-8,17H2,1-2H3,(H,18,19). The lowest BCUT2D eigenvalue weighted by molar-refractivity contribution is 0.393. The molecule has 0 unspecified atom stereocenters. The van der Waals surface area contributed by atoms with Crippen LogP contribution in [0.4, 0.5) is 0 Å². The van der Waals surface area contributed by atoms with Gasteiger partial charge in [0.25, 0.3) is 0 Å². The summed E-state index contributed by atoms with van der Waals surface area (Å²) in [7, 11) is 3.27. The second-order valence-corrected chi connectivity index (χ2v) is 5.33. The Hall–Kier alpha value is -1.75. The van der Waals surface area contributed by atoms with Gasteiger partial charge in [-0.15, -0.1) is 0 Å². The van der Waals surface area contributed by atoms with E-state index in [1.54, 1.807) is 14.2 Å². The van der Waals surface area contributed by atoms with Gasteiger partial charge in [0, 0.05) is 6.07 Å². The third-order valence-electron chi connectivity index (χ3n) is 3.94. The molecule has 5 heteroatoms. The molecule has 1 aliphatic carbocycles. The van der Waals surface area contributed by atoms with Crippen molar-refractivity contribution in [3.05, 3.63) is 23.8 Å². The van der Waals surface area contributed by atoms with Crippen molar-refractivity contribution in [2.75, 3.05) is 14.2 Å². The summed E-state index contributed by atoms with van der Waals surface area (Å²) in [6.45, 7) is 0. The van der Waals surface area contributed by atoms with Crippen LogP contribution < -0.4 is 20.7 Å². The number of ether oxygens (including phenoxy) is 2. The molecule has 1 aromatic carbocycles. The minimum absolute atomic E-state index is 0.338. The van der Waals surface area contributed by atoms with Crippen LogP contribution in [0.1, 0.15) is 44.1 Å². The smallest absolute Gasteiger partial charge is 0.146 e. The van der Waals surface area contributed by atoms with Crippen LogP contribution in [0.5, 0.6) is 11.5 Å². The van der Waals surface area contributed by atoms with Gasteiger partial charge in [0.1, 0.15) is 17.3 Å². The van der Waals surface area contributed by atoms with Crippen LogP contribution in [0.25, 0.3) is 0 Å². The fourth-order valence-electron chi connectivity index (χ4n) is 2.75. The van der Waals surface area contributed by atoms with E-state index in [0.29, 0.717) is 17.6 Å². The van der Waals surface area contributed by atoms with E-state index in [1.165, 1.54) is 25.7 Å². The Kier molecular flexibility index (Phi) is 5.87. The molecule has 0 aliphatic heterocycles. The van der Waals surface area contributed by atoms with Gasteiger partial charge in [-0.25, -0.2) is 5.84 Å². The first-order chi connectivity index (χ1) is 10.3. The molecule has 1 fully saturated rings.